The lowest BCUT2D eigenvalue weighted by atomic mass is 10.2. The molecule has 0 saturated carbocycles. The van der Waals surface area contributed by atoms with Gasteiger partial charge in [-0.15, -0.1) is 34.0 Å². The zero-order valence-corrected chi connectivity index (χ0v) is 19.7. The van der Waals surface area contributed by atoms with Crippen molar-refractivity contribution in [3.8, 4) is 10.4 Å². The second-order valence-corrected chi connectivity index (χ2v) is 9.91. The van der Waals surface area contributed by atoms with Crippen molar-refractivity contribution in [3.63, 3.8) is 0 Å². The Morgan fingerprint density at radius 1 is 1.23 bits per heavy atom. The topological polar surface area (TPSA) is 103 Å². The lowest BCUT2D eigenvalue weighted by Gasteiger charge is -2.07. The summed E-state index contributed by atoms with van der Waals surface area (Å²) in [6.45, 7) is 0. The number of esters is 1. The molecule has 4 aromatic rings. The number of ether oxygens (including phenoxy) is 1. The highest BCUT2D eigenvalue weighted by Crippen LogP contribution is 2.34. The van der Waals surface area contributed by atoms with Gasteiger partial charge in [0.15, 0.2) is 10.3 Å². The zero-order chi connectivity index (χ0) is 22.0. The largest absolute Gasteiger partial charge is 0.469 e. The Morgan fingerprint density at radius 3 is 2.81 bits per heavy atom. The van der Waals surface area contributed by atoms with E-state index >= 15 is 0 Å². The van der Waals surface area contributed by atoms with Crippen molar-refractivity contribution in [2.75, 3.05) is 18.2 Å². The molecule has 8 nitrogen and oxygen atoms in total. The minimum Gasteiger partial charge on any atom is -0.469 e. The molecular formula is C19H16N4O4S4. The van der Waals surface area contributed by atoms with Crippen molar-refractivity contribution in [1.29, 1.82) is 0 Å². The number of carbonyl (C=O) groups is 2. The number of hydrogen-bond donors (Lipinski definition) is 1. The van der Waals surface area contributed by atoms with Gasteiger partial charge in [0, 0.05) is 28.2 Å². The fourth-order valence-corrected chi connectivity index (χ4v) is 6.05. The molecule has 0 bridgehead atoms. The van der Waals surface area contributed by atoms with E-state index in [2.05, 4.69) is 20.0 Å². The van der Waals surface area contributed by atoms with Crippen LogP contribution in [0, 0.1) is 0 Å². The summed E-state index contributed by atoms with van der Waals surface area (Å²) in [4.78, 5) is 47.1. The molecule has 0 aromatic carbocycles. The average Bonchev–Trinajstić information content (AvgIpc) is 3.50. The quantitative estimate of drug-likeness (QED) is 0.239. The highest BCUT2D eigenvalue weighted by Gasteiger charge is 2.17. The second-order valence-electron chi connectivity index (χ2n) is 6.30. The number of carbonyl (C=O) groups excluding carboxylic acids is 2. The van der Waals surface area contributed by atoms with Gasteiger partial charge in [0.05, 0.1) is 30.4 Å². The van der Waals surface area contributed by atoms with Gasteiger partial charge in [-0.3, -0.25) is 19.0 Å². The first-order valence-electron chi connectivity index (χ1n) is 8.92. The minimum absolute atomic E-state index is 0.0535. The molecule has 0 spiro atoms. The zero-order valence-electron chi connectivity index (χ0n) is 16.4. The number of nitrogens with zero attached hydrogens (tertiary/aromatic N) is 3. The van der Waals surface area contributed by atoms with Gasteiger partial charge < -0.3 is 10.1 Å². The molecule has 0 saturated heterocycles. The van der Waals surface area contributed by atoms with Crippen LogP contribution in [0.3, 0.4) is 0 Å². The van der Waals surface area contributed by atoms with Crippen molar-refractivity contribution in [1.82, 2.24) is 14.5 Å². The molecule has 4 rings (SSSR count). The third kappa shape index (κ3) is 4.71. The van der Waals surface area contributed by atoms with E-state index in [-0.39, 0.29) is 23.6 Å². The third-order valence-corrected chi connectivity index (χ3v) is 7.86. The summed E-state index contributed by atoms with van der Waals surface area (Å²) in [5.41, 5.74) is 1.29. The van der Waals surface area contributed by atoms with Crippen LogP contribution in [0.15, 0.2) is 38.2 Å². The van der Waals surface area contributed by atoms with E-state index in [9.17, 15) is 14.4 Å². The Hall–Kier alpha value is -2.54. The Balaban J connectivity index is 1.46. The van der Waals surface area contributed by atoms with Crippen LogP contribution >= 0.6 is 45.8 Å². The van der Waals surface area contributed by atoms with Crippen molar-refractivity contribution in [2.24, 2.45) is 7.05 Å². The Labute approximate surface area is 192 Å². The first kappa shape index (κ1) is 21.7. The molecule has 0 radical (unpaired) electrons. The number of thioether (sulfide) groups is 1. The van der Waals surface area contributed by atoms with Crippen molar-refractivity contribution in [3.05, 3.63) is 44.3 Å². The lowest BCUT2D eigenvalue weighted by molar-refractivity contribution is -0.139. The molecule has 12 heteroatoms. The molecule has 160 valence electrons. The van der Waals surface area contributed by atoms with Gasteiger partial charge in [0.2, 0.25) is 5.91 Å². The molecular weight excluding hydrogens is 477 g/mol. The highest BCUT2D eigenvalue weighted by molar-refractivity contribution is 7.99. The monoisotopic (exact) mass is 492 g/mol. The van der Waals surface area contributed by atoms with Gasteiger partial charge in [-0.1, -0.05) is 17.8 Å². The number of thiazole rings is 1. The van der Waals surface area contributed by atoms with Crippen LogP contribution in [0.25, 0.3) is 20.7 Å². The smallest absolute Gasteiger partial charge is 0.311 e. The summed E-state index contributed by atoms with van der Waals surface area (Å²) in [5.74, 6) is -0.596. The second kappa shape index (κ2) is 9.30. The van der Waals surface area contributed by atoms with E-state index in [1.54, 1.807) is 23.8 Å². The number of nitrogens with one attached hydrogen (secondary N) is 1. The maximum absolute atomic E-state index is 13.0. The Kier molecular flexibility index (Phi) is 6.51. The van der Waals surface area contributed by atoms with Crippen LogP contribution in [-0.4, -0.2) is 39.3 Å². The number of amides is 1. The lowest BCUT2D eigenvalue weighted by Crippen LogP contribution is -2.21. The fourth-order valence-electron chi connectivity index (χ4n) is 2.75. The number of aromatic nitrogens is 3. The van der Waals surface area contributed by atoms with Crippen molar-refractivity contribution < 1.29 is 14.3 Å². The van der Waals surface area contributed by atoms with Gasteiger partial charge in [-0.25, -0.2) is 9.97 Å². The van der Waals surface area contributed by atoms with Gasteiger partial charge >= 0.3 is 5.97 Å². The summed E-state index contributed by atoms with van der Waals surface area (Å²) < 4.78 is 6.08. The molecule has 31 heavy (non-hydrogen) atoms. The SMILES string of the molecule is COC(=O)Cc1csc(NC(=O)CSc2nc3scc(-c4cccs4)c3c(=O)n2C)n1. The van der Waals surface area contributed by atoms with E-state index in [4.69, 9.17) is 0 Å². The van der Waals surface area contributed by atoms with Crippen molar-refractivity contribution >= 4 is 73.0 Å². The molecule has 4 heterocycles. The van der Waals surface area contributed by atoms with Gasteiger partial charge in [-0.05, 0) is 11.4 Å². The van der Waals surface area contributed by atoms with Crippen LogP contribution in [-0.2, 0) is 27.8 Å². The summed E-state index contributed by atoms with van der Waals surface area (Å²) in [5, 5.41) is 9.79. The fraction of sp³-hybridized carbons (Fsp3) is 0.211. The standard InChI is InChI=1S/C19H16N4O4S4/c1-23-17(26)15-11(12-4-3-5-28-12)8-29-16(15)22-19(23)31-9-13(24)21-18-20-10(7-30-18)6-14(25)27-2/h3-5,7-8H,6,9H2,1-2H3,(H,20,21,24). The van der Waals surface area contributed by atoms with Gasteiger partial charge in [0.1, 0.15) is 4.83 Å². The van der Waals surface area contributed by atoms with E-state index < -0.39 is 5.97 Å². The number of fused-ring (bicyclic) bond motifs is 1. The Morgan fingerprint density at radius 2 is 2.06 bits per heavy atom. The maximum Gasteiger partial charge on any atom is 0.311 e. The van der Waals surface area contributed by atoms with Crippen molar-refractivity contribution in [2.45, 2.75) is 11.6 Å². The highest BCUT2D eigenvalue weighted by atomic mass is 32.2. The predicted octanol–water partition coefficient (Wildman–Crippen LogP) is 3.63. The molecule has 4 aromatic heterocycles. The average molecular weight is 493 g/mol. The molecule has 0 aliphatic rings. The number of thiophene rings is 2. The normalized spacial score (nSPS) is 11.0. The van der Waals surface area contributed by atoms with Crippen LogP contribution in [0.5, 0.6) is 0 Å². The molecule has 1 N–H and O–H groups in total. The van der Waals surface area contributed by atoms with E-state index in [0.717, 1.165) is 10.4 Å². The van der Waals surface area contributed by atoms with Gasteiger partial charge in [0.25, 0.3) is 5.56 Å². The summed E-state index contributed by atoms with van der Waals surface area (Å²) in [7, 11) is 2.97. The summed E-state index contributed by atoms with van der Waals surface area (Å²) >= 11 is 5.41. The van der Waals surface area contributed by atoms with Gasteiger partial charge in [-0.2, -0.15) is 0 Å². The summed E-state index contributed by atoms with van der Waals surface area (Å²) in [6.07, 6.45) is 0.0535. The molecule has 0 aliphatic heterocycles. The summed E-state index contributed by atoms with van der Waals surface area (Å²) in [6, 6.07) is 3.93. The number of methoxy groups -OCH3 is 1. The first-order valence-corrected chi connectivity index (χ1v) is 12.5. The van der Waals surface area contributed by atoms with E-state index in [0.29, 0.717) is 26.2 Å². The van der Waals surface area contributed by atoms with E-state index in [1.165, 1.54) is 46.1 Å². The molecule has 0 atom stereocenters. The maximum atomic E-state index is 13.0. The molecule has 0 aliphatic carbocycles. The van der Waals surface area contributed by atoms with Crippen LogP contribution in [0.4, 0.5) is 5.13 Å². The number of hydrogen-bond acceptors (Lipinski definition) is 10. The van der Waals surface area contributed by atoms with Crippen LogP contribution in [0.1, 0.15) is 5.69 Å². The molecule has 0 unspecified atom stereocenters. The van der Waals surface area contributed by atoms with Crippen LogP contribution in [0.2, 0.25) is 0 Å². The number of anilines is 1. The Bertz CT molecular complexity index is 1310. The first-order chi connectivity index (χ1) is 15.0. The van der Waals surface area contributed by atoms with E-state index in [1.807, 2.05) is 22.9 Å². The van der Waals surface area contributed by atoms with Crippen LogP contribution < -0.4 is 10.9 Å². The number of rotatable bonds is 7. The molecule has 1 amide bonds. The predicted molar refractivity (Wildman–Crippen MR) is 125 cm³/mol. The third-order valence-electron chi connectivity index (χ3n) is 4.24. The molecule has 0 fully saturated rings. The minimum atomic E-state index is -0.392.